The molecule has 3 nitrogen and oxygen atoms in total. The average Bonchev–Trinajstić information content (AvgIpc) is 2.29. The van der Waals surface area contributed by atoms with E-state index in [-0.39, 0.29) is 6.29 Å². The zero-order valence-electron chi connectivity index (χ0n) is 11.3. The van der Waals surface area contributed by atoms with E-state index in [0.29, 0.717) is 13.2 Å². The summed E-state index contributed by atoms with van der Waals surface area (Å²) < 4.78 is 11.1. The van der Waals surface area contributed by atoms with Crippen molar-refractivity contribution in [1.29, 1.82) is 0 Å². The number of benzene rings is 1. The summed E-state index contributed by atoms with van der Waals surface area (Å²) in [5, 5.41) is 0. The molecule has 0 aliphatic heterocycles. The lowest BCUT2D eigenvalue weighted by Gasteiger charge is -2.18. The van der Waals surface area contributed by atoms with E-state index in [1.165, 1.54) is 5.56 Å². The smallest absolute Gasteiger partial charge is 0.183 e. The van der Waals surface area contributed by atoms with Crippen molar-refractivity contribution in [1.82, 2.24) is 4.90 Å². The Balaban J connectivity index is 2.69. The molecule has 0 amide bonds. The van der Waals surface area contributed by atoms with Crippen molar-refractivity contribution in [3.05, 3.63) is 35.4 Å². The van der Waals surface area contributed by atoms with Gasteiger partial charge in [-0.05, 0) is 33.5 Å². The lowest BCUT2D eigenvalue weighted by molar-refractivity contribution is -0.140. The van der Waals surface area contributed by atoms with E-state index in [1.807, 2.05) is 13.8 Å². The zero-order chi connectivity index (χ0) is 12.7. The topological polar surface area (TPSA) is 21.7 Å². The molecule has 0 saturated heterocycles. The lowest BCUT2D eigenvalue weighted by atomic mass is 10.1. The maximum Gasteiger partial charge on any atom is 0.183 e. The number of hydrogen-bond acceptors (Lipinski definition) is 3. The van der Waals surface area contributed by atoms with Gasteiger partial charge in [-0.25, -0.2) is 0 Å². The van der Waals surface area contributed by atoms with Crippen LogP contribution in [0.5, 0.6) is 0 Å². The second kappa shape index (κ2) is 7.43. The number of rotatable bonds is 7. The summed E-state index contributed by atoms with van der Waals surface area (Å²) in [6.07, 6.45) is -0.238. The Morgan fingerprint density at radius 1 is 1.00 bits per heavy atom. The molecule has 0 aliphatic carbocycles. The molecule has 0 atom stereocenters. The molecule has 0 heterocycles. The van der Waals surface area contributed by atoms with Crippen LogP contribution in [0.3, 0.4) is 0 Å². The Morgan fingerprint density at radius 2 is 1.53 bits per heavy atom. The number of ether oxygens (including phenoxy) is 2. The van der Waals surface area contributed by atoms with Crippen LogP contribution in [0.1, 0.15) is 31.3 Å². The summed E-state index contributed by atoms with van der Waals surface area (Å²) in [6, 6.07) is 8.41. The Kier molecular flexibility index (Phi) is 6.19. The summed E-state index contributed by atoms with van der Waals surface area (Å²) in [5.41, 5.74) is 2.38. The van der Waals surface area contributed by atoms with Crippen LogP contribution in [0.4, 0.5) is 0 Å². The van der Waals surface area contributed by atoms with Crippen LogP contribution in [-0.2, 0) is 16.0 Å². The van der Waals surface area contributed by atoms with Gasteiger partial charge in [0, 0.05) is 25.3 Å². The Labute approximate surface area is 104 Å². The van der Waals surface area contributed by atoms with Gasteiger partial charge in [-0.3, -0.25) is 0 Å². The fourth-order valence-electron chi connectivity index (χ4n) is 1.69. The Bertz CT molecular complexity index is 303. The van der Waals surface area contributed by atoms with Gasteiger partial charge in [0.1, 0.15) is 0 Å². The highest BCUT2D eigenvalue weighted by atomic mass is 16.7. The van der Waals surface area contributed by atoms with Gasteiger partial charge in [0.05, 0.1) is 0 Å². The SMILES string of the molecule is CCOC(OCC)c1ccc(CN(C)C)cc1. The van der Waals surface area contributed by atoms with Crippen LogP contribution in [-0.4, -0.2) is 32.2 Å². The van der Waals surface area contributed by atoms with Gasteiger partial charge in [0.2, 0.25) is 0 Å². The monoisotopic (exact) mass is 237 g/mol. The molecule has 17 heavy (non-hydrogen) atoms. The molecular formula is C14H23NO2. The molecule has 96 valence electrons. The number of nitrogens with zero attached hydrogens (tertiary/aromatic N) is 1. The summed E-state index contributed by atoms with van der Waals surface area (Å²) >= 11 is 0. The third kappa shape index (κ3) is 4.86. The molecule has 3 heteroatoms. The first-order chi connectivity index (χ1) is 8.17. The third-order valence-corrected chi connectivity index (χ3v) is 2.39. The Morgan fingerprint density at radius 3 is 1.94 bits per heavy atom. The van der Waals surface area contributed by atoms with Gasteiger partial charge in [-0.15, -0.1) is 0 Å². The molecule has 1 aromatic carbocycles. The van der Waals surface area contributed by atoms with Gasteiger partial charge in [-0.2, -0.15) is 0 Å². The normalized spacial score (nSPS) is 11.4. The lowest BCUT2D eigenvalue weighted by Crippen LogP contribution is -2.11. The van der Waals surface area contributed by atoms with Crippen LogP contribution in [0, 0.1) is 0 Å². The quantitative estimate of drug-likeness (QED) is 0.681. The van der Waals surface area contributed by atoms with Crippen molar-refractivity contribution in [2.45, 2.75) is 26.7 Å². The zero-order valence-corrected chi connectivity index (χ0v) is 11.3. The van der Waals surface area contributed by atoms with Crippen LogP contribution in [0.2, 0.25) is 0 Å². The summed E-state index contributed by atoms with van der Waals surface area (Å²) in [7, 11) is 4.13. The molecule has 0 aromatic heterocycles. The fraction of sp³-hybridized carbons (Fsp3) is 0.571. The molecular weight excluding hydrogens is 214 g/mol. The van der Waals surface area contributed by atoms with E-state index < -0.39 is 0 Å². The highest BCUT2D eigenvalue weighted by Crippen LogP contribution is 2.19. The largest absolute Gasteiger partial charge is 0.349 e. The second-order valence-electron chi connectivity index (χ2n) is 4.22. The molecule has 0 radical (unpaired) electrons. The van der Waals surface area contributed by atoms with Gasteiger partial charge >= 0.3 is 0 Å². The van der Waals surface area contributed by atoms with Crippen LogP contribution in [0.25, 0.3) is 0 Å². The van der Waals surface area contributed by atoms with E-state index in [2.05, 4.69) is 43.3 Å². The molecule has 1 aromatic rings. The van der Waals surface area contributed by atoms with Gasteiger partial charge in [0.15, 0.2) is 6.29 Å². The number of hydrogen-bond donors (Lipinski definition) is 0. The van der Waals surface area contributed by atoms with Crippen LogP contribution in [0.15, 0.2) is 24.3 Å². The molecule has 0 fully saturated rings. The van der Waals surface area contributed by atoms with Crippen molar-refractivity contribution in [3.63, 3.8) is 0 Å². The maximum absolute atomic E-state index is 5.56. The minimum absolute atomic E-state index is 0.238. The highest BCUT2D eigenvalue weighted by Gasteiger charge is 2.10. The van der Waals surface area contributed by atoms with Crippen molar-refractivity contribution < 1.29 is 9.47 Å². The maximum atomic E-state index is 5.56. The molecule has 0 bridgehead atoms. The predicted molar refractivity (Wildman–Crippen MR) is 69.8 cm³/mol. The van der Waals surface area contributed by atoms with Crippen molar-refractivity contribution >= 4 is 0 Å². The van der Waals surface area contributed by atoms with Crippen LogP contribution < -0.4 is 0 Å². The summed E-state index contributed by atoms with van der Waals surface area (Å²) in [5.74, 6) is 0. The minimum Gasteiger partial charge on any atom is -0.349 e. The van der Waals surface area contributed by atoms with E-state index >= 15 is 0 Å². The third-order valence-electron chi connectivity index (χ3n) is 2.39. The van der Waals surface area contributed by atoms with Gasteiger partial charge < -0.3 is 14.4 Å². The van der Waals surface area contributed by atoms with Crippen molar-refractivity contribution in [2.24, 2.45) is 0 Å². The standard InChI is InChI=1S/C14H23NO2/c1-5-16-14(17-6-2)13-9-7-12(8-10-13)11-15(3)4/h7-10,14H,5-6,11H2,1-4H3. The van der Waals surface area contributed by atoms with Gasteiger partial charge in [0.25, 0.3) is 0 Å². The molecule has 0 spiro atoms. The first-order valence-electron chi connectivity index (χ1n) is 6.14. The fourth-order valence-corrected chi connectivity index (χ4v) is 1.69. The van der Waals surface area contributed by atoms with Crippen molar-refractivity contribution in [2.75, 3.05) is 27.3 Å². The van der Waals surface area contributed by atoms with E-state index in [9.17, 15) is 0 Å². The average molecular weight is 237 g/mol. The first-order valence-corrected chi connectivity index (χ1v) is 6.14. The summed E-state index contributed by atoms with van der Waals surface area (Å²) in [6.45, 7) is 6.22. The molecule has 0 unspecified atom stereocenters. The van der Waals surface area contributed by atoms with Crippen molar-refractivity contribution in [3.8, 4) is 0 Å². The van der Waals surface area contributed by atoms with E-state index in [1.54, 1.807) is 0 Å². The predicted octanol–water partition coefficient (Wildman–Crippen LogP) is 2.82. The van der Waals surface area contributed by atoms with E-state index in [0.717, 1.165) is 12.1 Å². The second-order valence-corrected chi connectivity index (χ2v) is 4.22. The minimum atomic E-state index is -0.238. The molecule has 0 aliphatic rings. The molecule has 0 N–H and O–H groups in total. The highest BCUT2D eigenvalue weighted by molar-refractivity contribution is 5.23. The first kappa shape index (κ1) is 14.2. The molecule has 1 rings (SSSR count). The van der Waals surface area contributed by atoms with Gasteiger partial charge in [-0.1, -0.05) is 24.3 Å². The summed E-state index contributed by atoms with van der Waals surface area (Å²) in [4.78, 5) is 2.15. The van der Waals surface area contributed by atoms with E-state index in [4.69, 9.17) is 9.47 Å². The van der Waals surface area contributed by atoms with Crippen LogP contribution >= 0.6 is 0 Å². The molecule has 0 saturated carbocycles. The Hall–Kier alpha value is -0.900.